The molecule has 0 aliphatic heterocycles. The van der Waals surface area contributed by atoms with Crippen LogP contribution in [0.4, 0.5) is 10.5 Å². The summed E-state index contributed by atoms with van der Waals surface area (Å²) < 4.78 is 0. The Labute approximate surface area is 103 Å². The second kappa shape index (κ2) is 6.59. The van der Waals surface area contributed by atoms with Crippen LogP contribution in [0, 0.1) is 19.3 Å². The number of benzene rings is 1. The number of aryl methyl sites for hydroxylation is 1. The van der Waals surface area contributed by atoms with Gasteiger partial charge in [0, 0.05) is 18.2 Å². The van der Waals surface area contributed by atoms with E-state index in [1.165, 1.54) is 0 Å². The van der Waals surface area contributed by atoms with Crippen molar-refractivity contribution < 1.29 is 4.79 Å². The van der Waals surface area contributed by atoms with E-state index in [4.69, 9.17) is 6.42 Å². The highest BCUT2D eigenvalue weighted by Crippen LogP contribution is 2.08. The molecule has 0 heterocycles. The molecule has 3 nitrogen and oxygen atoms in total. The Bertz CT molecular complexity index is 403. The summed E-state index contributed by atoms with van der Waals surface area (Å²) in [5, 5.41) is 5.61. The molecule has 0 aliphatic carbocycles. The van der Waals surface area contributed by atoms with Gasteiger partial charge in [0.2, 0.25) is 0 Å². The number of hydrogen-bond acceptors (Lipinski definition) is 1. The van der Waals surface area contributed by atoms with Gasteiger partial charge in [0.05, 0.1) is 0 Å². The molecule has 17 heavy (non-hydrogen) atoms. The van der Waals surface area contributed by atoms with E-state index in [0.29, 0.717) is 6.42 Å². The van der Waals surface area contributed by atoms with Crippen molar-refractivity contribution in [2.24, 2.45) is 0 Å². The molecule has 1 aromatic rings. The fourth-order valence-corrected chi connectivity index (χ4v) is 1.43. The molecular formula is C14H18N2O. The van der Waals surface area contributed by atoms with Gasteiger partial charge in [0.15, 0.2) is 0 Å². The molecule has 0 aliphatic rings. The lowest BCUT2D eigenvalue weighted by atomic mass is 10.1. The molecule has 3 heteroatoms. The predicted molar refractivity (Wildman–Crippen MR) is 70.9 cm³/mol. The Morgan fingerprint density at radius 2 is 2.06 bits per heavy atom. The van der Waals surface area contributed by atoms with Crippen molar-refractivity contribution in [3.63, 3.8) is 0 Å². The van der Waals surface area contributed by atoms with Crippen LogP contribution in [-0.2, 0) is 0 Å². The number of terminal acetylenes is 1. The monoisotopic (exact) mass is 230 g/mol. The first-order valence-corrected chi connectivity index (χ1v) is 5.73. The van der Waals surface area contributed by atoms with Gasteiger partial charge >= 0.3 is 6.03 Å². The molecule has 1 atom stereocenters. The number of carbonyl (C=O) groups excluding carboxylic acids is 1. The molecule has 2 N–H and O–H groups in total. The van der Waals surface area contributed by atoms with Crippen LogP contribution in [0.15, 0.2) is 24.3 Å². The third kappa shape index (κ3) is 4.60. The van der Waals surface area contributed by atoms with Crippen molar-refractivity contribution in [1.29, 1.82) is 0 Å². The lowest BCUT2D eigenvalue weighted by Gasteiger charge is -2.14. The molecule has 0 bridgehead atoms. The van der Waals surface area contributed by atoms with Gasteiger partial charge in [0.25, 0.3) is 0 Å². The van der Waals surface area contributed by atoms with Crippen molar-refractivity contribution in [3.8, 4) is 12.3 Å². The fourth-order valence-electron chi connectivity index (χ4n) is 1.43. The number of carbonyl (C=O) groups is 1. The lowest BCUT2D eigenvalue weighted by Crippen LogP contribution is -2.37. The third-order valence-corrected chi connectivity index (χ3v) is 2.50. The van der Waals surface area contributed by atoms with E-state index in [1.807, 2.05) is 38.1 Å². The second-order valence-electron chi connectivity index (χ2n) is 3.98. The Morgan fingerprint density at radius 3 is 2.59 bits per heavy atom. The van der Waals surface area contributed by atoms with E-state index in [1.54, 1.807) is 0 Å². The molecule has 90 valence electrons. The summed E-state index contributed by atoms with van der Waals surface area (Å²) >= 11 is 0. The van der Waals surface area contributed by atoms with E-state index in [2.05, 4.69) is 16.6 Å². The maximum Gasteiger partial charge on any atom is 0.319 e. The van der Waals surface area contributed by atoms with E-state index in [0.717, 1.165) is 17.7 Å². The molecule has 1 aromatic carbocycles. The summed E-state index contributed by atoms with van der Waals surface area (Å²) in [6.45, 7) is 4.00. The van der Waals surface area contributed by atoms with Gasteiger partial charge < -0.3 is 10.6 Å². The predicted octanol–water partition coefficient (Wildman–Crippen LogP) is 2.92. The largest absolute Gasteiger partial charge is 0.334 e. The molecule has 0 radical (unpaired) electrons. The first-order valence-electron chi connectivity index (χ1n) is 5.73. The van der Waals surface area contributed by atoms with Gasteiger partial charge in [-0.1, -0.05) is 24.6 Å². The summed E-state index contributed by atoms with van der Waals surface area (Å²) in [7, 11) is 0. The van der Waals surface area contributed by atoms with Gasteiger partial charge in [0.1, 0.15) is 0 Å². The van der Waals surface area contributed by atoms with Crippen LogP contribution in [0.1, 0.15) is 25.3 Å². The molecule has 2 amide bonds. The van der Waals surface area contributed by atoms with Gasteiger partial charge in [-0.25, -0.2) is 4.79 Å². The van der Waals surface area contributed by atoms with Gasteiger partial charge in [-0.3, -0.25) is 0 Å². The third-order valence-electron chi connectivity index (χ3n) is 2.50. The minimum atomic E-state index is -0.212. The highest BCUT2D eigenvalue weighted by atomic mass is 16.2. The van der Waals surface area contributed by atoms with E-state index in [9.17, 15) is 4.79 Å². The van der Waals surface area contributed by atoms with Crippen molar-refractivity contribution in [2.45, 2.75) is 32.7 Å². The van der Waals surface area contributed by atoms with Gasteiger partial charge in [-0.15, -0.1) is 12.3 Å². The minimum absolute atomic E-state index is 0.0328. The average Bonchev–Trinajstić information content (AvgIpc) is 2.31. The first kappa shape index (κ1) is 13.1. The molecular weight excluding hydrogens is 212 g/mol. The zero-order chi connectivity index (χ0) is 12.7. The summed E-state index contributed by atoms with van der Waals surface area (Å²) in [5.74, 6) is 2.55. The molecule has 1 rings (SSSR count). The van der Waals surface area contributed by atoms with Crippen molar-refractivity contribution in [3.05, 3.63) is 29.8 Å². The van der Waals surface area contributed by atoms with Crippen LogP contribution in [0.25, 0.3) is 0 Å². The molecule has 0 spiro atoms. The van der Waals surface area contributed by atoms with Crippen LogP contribution in [0.2, 0.25) is 0 Å². The molecule has 0 saturated carbocycles. The summed E-state index contributed by atoms with van der Waals surface area (Å²) in [6, 6.07) is 7.47. The maximum absolute atomic E-state index is 11.7. The zero-order valence-electron chi connectivity index (χ0n) is 10.3. The Hall–Kier alpha value is -1.95. The summed E-state index contributed by atoms with van der Waals surface area (Å²) in [6.07, 6.45) is 6.61. The highest BCUT2D eigenvalue weighted by molar-refractivity contribution is 5.89. The SMILES string of the molecule is C#CCC(CC)NC(=O)Nc1ccc(C)cc1. The first-order chi connectivity index (χ1) is 8.15. The fraction of sp³-hybridized carbons (Fsp3) is 0.357. The number of urea groups is 1. The minimum Gasteiger partial charge on any atom is -0.334 e. The number of hydrogen-bond donors (Lipinski definition) is 2. The lowest BCUT2D eigenvalue weighted by molar-refractivity contribution is 0.248. The smallest absolute Gasteiger partial charge is 0.319 e. The van der Waals surface area contributed by atoms with Crippen LogP contribution < -0.4 is 10.6 Å². The van der Waals surface area contributed by atoms with E-state index < -0.39 is 0 Å². The Balaban J connectivity index is 2.49. The quantitative estimate of drug-likeness (QED) is 0.767. The Morgan fingerprint density at radius 1 is 1.41 bits per heavy atom. The number of nitrogens with one attached hydrogen (secondary N) is 2. The molecule has 0 fully saturated rings. The second-order valence-corrected chi connectivity index (χ2v) is 3.98. The standard InChI is InChI=1S/C14H18N2O/c1-4-6-12(5-2)15-14(17)16-13-9-7-11(3)8-10-13/h1,7-10,12H,5-6H2,2-3H3,(H2,15,16,17). The van der Waals surface area contributed by atoms with Crippen LogP contribution in [-0.4, -0.2) is 12.1 Å². The normalized spacial score (nSPS) is 11.4. The van der Waals surface area contributed by atoms with E-state index >= 15 is 0 Å². The summed E-state index contributed by atoms with van der Waals surface area (Å²) in [4.78, 5) is 11.7. The molecule has 0 aromatic heterocycles. The number of anilines is 1. The summed E-state index contributed by atoms with van der Waals surface area (Å²) in [5.41, 5.74) is 1.94. The Kier molecular flexibility index (Phi) is 5.09. The van der Waals surface area contributed by atoms with Crippen molar-refractivity contribution in [1.82, 2.24) is 5.32 Å². The average molecular weight is 230 g/mol. The zero-order valence-corrected chi connectivity index (χ0v) is 10.3. The van der Waals surface area contributed by atoms with Crippen LogP contribution in [0.5, 0.6) is 0 Å². The number of amides is 2. The van der Waals surface area contributed by atoms with Gasteiger partial charge in [-0.05, 0) is 25.5 Å². The van der Waals surface area contributed by atoms with Gasteiger partial charge in [-0.2, -0.15) is 0 Å². The highest BCUT2D eigenvalue weighted by Gasteiger charge is 2.08. The topological polar surface area (TPSA) is 41.1 Å². The van der Waals surface area contributed by atoms with Crippen LogP contribution in [0.3, 0.4) is 0 Å². The maximum atomic E-state index is 11.7. The van der Waals surface area contributed by atoms with Crippen molar-refractivity contribution >= 4 is 11.7 Å². The van der Waals surface area contributed by atoms with E-state index in [-0.39, 0.29) is 12.1 Å². The molecule has 0 saturated heterocycles. The number of rotatable bonds is 4. The molecule has 1 unspecified atom stereocenters. The van der Waals surface area contributed by atoms with Crippen LogP contribution >= 0.6 is 0 Å². The van der Waals surface area contributed by atoms with Crippen molar-refractivity contribution in [2.75, 3.05) is 5.32 Å².